The van der Waals surface area contributed by atoms with Crippen molar-refractivity contribution < 1.29 is 4.79 Å². The number of hydrogen-bond donors (Lipinski definition) is 2. The van der Waals surface area contributed by atoms with Crippen molar-refractivity contribution in [3.05, 3.63) is 64.3 Å². The third-order valence-corrected chi connectivity index (χ3v) is 3.48. The Kier molecular flexibility index (Phi) is 6.35. The minimum absolute atomic E-state index is 0.0786. The van der Waals surface area contributed by atoms with Gasteiger partial charge < -0.3 is 10.6 Å². The van der Waals surface area contributed by atoms with Gasteiger partial charge >= 0.3 is 6.03 Å². The van der Waals surface area contributed by atoms with Crippen molar-refractivity contribution in [1.29, 1.82) is 0 Å². The third-order valence-electron chi connectivity index (χ3n) is 3.48. The zero-order valence-corrected chi connectivity index (χ0v) is 13.3. The maximum atomic E-state index is 11.8. The van der Waals surface area contributed by atoms with E-state index in [0.717, 1.165) is 12.8 Å². The second-order valence-electron chi connectivity index (χ2n) is 5.35. The van der Waals surface area contributed by atoms with Crippen molar-refractivity contribution in [2.45, 2.75) is 26.3 Å². The first kappa shape index (κ1) is 16.7. The second kappa shape index (κ2) is 8.73. The predicted molar refractivity (Wildman–Crippen MR) is 89.4 cm³/mol. The van der Waals surface area contributed by atoms with E-state index in [1.807, 2.05) is 18.2 Å². The third kappa shape index (κ3) is 5.58. The van der Waals surface area contributed by atoms with Crippen LogP contribution in [-0.2, 0) is 13.0 Å². The summed E-state index contributed by atoms with van der Waals surface area (Å²) in [6.45, 7) is 3.13. The van der Waals surface area contributed by atoms with E-state index in [1.165, 1.54) is 22.7 Å². The number of amides is 2. The van der Waals surface area contributed by atoms with Crippen LogP contribution >= 0.6 is 0 Å². The Balaban J connectivity index is 1.62. The first-order valence-corrected chi connectivity index (χ1v) is 7.73. The molecule has 0 aliphatic rings. The zero-order valence-electron chi connectivity index (χ0n) is 13.3. The Hall–Kier alpha value is -2.63. The Labute approximate surface area is 135 Å². The van der Waals surface area contributed by atoms with Crippen LogP contribution in [0.1, 0.15) is 17.5 Å². The summed E-state index contributed by atoms with van der Waals surface area (Å²) in [6, 6.07) is 9.95. The lowest BCUT2D eigenvalue weighted by molar-refractivity contribution is 0.240. The van der Waals surface area contributed by atoms with Gasteiger partial charge in [0, 0.05) is 31.4 Å². The fourth-order valence-electron chi connectivity index (χ4n) is 2.21. The number of rotatable bonds is 7. The molecular formula is C17H22N4O2. The van der Waals surface area contributed by atoms with Crippen molar-refractivity contribution in [3.63, 3.8) is 0 Å². The van der Waals surface area contributed by atoms with Crippen LogP contribution in [0.4, 0.5) is 4.79 Å². The van der Waals surface area contributed by atoms with Crippen LogP contribution in [0.25, 0.3) is 0 Å². The number of aromatic nitrogens is 2. The fourth-order valence-corrected chi connectivity index (χ4v) is 2.21. The predicted octanol–water partition coefficient (Wildman–Crippen LogP) is 1.48. The minimum atomic E-state index is -0.216. The highest BCUT2D eigenvalue weighted by atomic mass is 16.2. The van der Waals surface area contributed by atoms with Crippen LogP contribution in [0.15, 0.2) is 47.7 Å². The maximum absolute atomic E-state index is 11.8. The molecule has 1 aromatic carbocycles. The van der Waals surface area contributed by atoms with Crippen molar-refractivity contribution in [2.24, 2.45) is 0 Å². The number of nitrogens with zero attached hydrogens (tertiary/aromatic N) is 2. The fraction of sp³-hybridized carbons (Fsp3) is 0.353. The molecule has 6 heteroatoms. The lowest BCUT2D eigenvalue weighted by atomic mass is 10.1. The molecule has 6 nitrogen and oxygen atoms in total. The van der Waals surface area contributed by atoms with Gasteiger partial charge in [0.25, 0.3) is 5.56 Å². The van der Waals surface area contributed by atoms with Gasteiger partial charge in [0.2, 0.25) is 0 Å². The Morgan fingerprint density at radius 1 is 1.17 bits per heavy atom. The van der Waals surface area contributed by atoms with E-state index < -0.39 is 0 Å². The molecular weight excluding hydrogens is 292 g/mol. The summed E-state index contributed by atoms with van der Waals surface area (Å²) in [4.78, 5) is 27.4. The molecule has 122 valence electrons. The van der Waals surface area contributed by atoms with Crippen LogP contribution in [0.2, 0.25) is 0 Å². The van der Waals surface area contributed by atoms with E-state index in [1.54, 1.807) is 6.92 Å². The van der Waals surface area contributed by atoms with E-state index in [2.05, 4.69) is 27.8 Å². The molecule has 1 heterocycles. The van der Waals surface area contributed by atoms with Gasteiger partial charge in [-0.1, -0.05) is 30.3 Å². The second-order valence-corrected chi connectivity index (χ2v) is 5.35. The number of benzene rings is 1. The van der Waals surface area contributed by atoms with E-state index in [0.29, 0.717) is 25.2 Å². The molecule has 1 aromatic heterocycles. The summed E-state index contributed by atoms with van der Waals surface area (Å²) in [7, 11) is 0. The number of carbonyl (C=O) groups excluding carboxylic acids is 1. The van der Waals surface area contributed by atoms with Crippen LogP contribution in [0, 0.1) is 6.92 Å². The molecule has 0 aliphatic heterocycles. The van der Waals surface area contributed by atoms with Crippen LogP contribution in [0.5, 0.6) is 0 Å². The molecule has 23 heavy (non-hydrogen) atoms. The molecule has 0 bridgehead atoms. The van der Waals surface area contributed by atoms with E-state index in [-0.39, 0.29) is 11.6 Å². The number of hydrogen-bond acceptors (Lipinski definition) is 3. The van der Waals surface area contributed by atoms with Gasteiger partial charge in [-0.25, -0.2) is 9.78 Å². The lowest BCUT2D eigenvalue weighted by Gasteiger charge is -2.09. The van der Waals surface area contributed by atoms with E-state index >= 15 is 0 Å². The smallest absolute Gasteiger partial charge is 0.314 e. The van der Waals surface area contributed by atoms with E-state index in [4.69, 9.17) is 0 Å². The molecule has 0 unspecified atom stereocenters. The highest BCUT2D eigenvalue weighted by Crippen LogP contribution is 2.01. The van der Waals surface area contributed by atoms with Crippen molar-refractivity contribution in [2.75, 3.05) is 13.1 Å². The first-order valence-electron chi connectivity index (χ1n) is 7.73. The highest BCUT2D eigenvalue weighted by Gasteiger charge is 2.02. The summed E-state index contributed by atoms with van der Waals surface area (Å²) >= 11 is 0. The Morgan fingerprint density at radius 2 is 1.91 bits per heavy atom. The normalized spacial score (nSPS) is 10.3. The van der Waals surface area contributed by atoms with Gasteiger partial charge in [0.15, 0.2) is 0 Å². The Morgan fingerprint density at radius 3 is 2.70 bits per heavy atom. The number of nitrogens with one attached hydrogen (secondary N) is 2. The summed E-state index contributed by atoms with van der Waals surface area (Å²) in [6.07, 6.45) is 4.84. The van der Waals surface area contributed by atoms with Crippen LogP contribution < -0.4 is 16.2 Å². The minimum Gasteiger partial charge on any atom is -0.338 e. The maximum Gasteiger partial charge on any atom is 0.314 e. The molecule has 0 saturated heterocycles. The highest BCUT2D eigenvalue weighted by molar-refractivity contribution is 5.73. The van der Waals surface area contributed by atoms with Gasteiger partial charge in [0.05, 0.1) is 6.33 Å². The molecule has 2 amide bonds. The number of urea groups is 1. The molecule has 0 atom stereocenters. The molecule has 0 spiro atoms. The molecule has 2 rings (SSSR count). The van der Waals surface area contributed by atoms with E-state index in [9.17, 15) is 9.59 Å². The average molecular weight is 314 g/mol. The summed E-state index contributed by atoms with van der Waals surface area (Å²) in [5, 5.41) is 5.55. The monoisotopic (exact) mass is 314 g/mol. The lowest BCUT2D eigenvalue weighted by Crippen LogP contribution is -2.38. The number of carbonyl (C=O) groups is 1. The van der Waals surface area contributed by atoms with Gasteiger partial charge in [-0.05, 0) is 25.3 Å². The zero-order chi connectivity index (χ0) is 16.5. The van der Waals surface area contributed by atoms with Gasteiger partial charge in [-0.15, -0.1) is 0 Å². The standard InChI is InChI=1S/C17H22N4O2/c1-14-12-18-13-21(16(14)22)11-10-20-17(23)19-9-5-8-15-6-3-2-4-7-15/h2-4,6-7,12-13H,5,8-11H2,1H3,(H2,19,20,23). The van der Waals surface area contributed by atoms with Gasteiger partial charge in [0.1, 0.15) is 0 Å². The van der Waals surface area contributed by atoms with Crippen molar-refractivity contribution in [3.8, 4) is 0 Å². The molecule has 0 aliphatic carbocycles. The quantitative estimate of drug-likeness (QED) is 0.760. The van der Waals surface area contributed by atoms with Gasteiger partial charge in [-0.3, -0.25) is 9.36 Å². The van der Waals surface area contributed by atoms with Crippen molar-refractivity contribution >= 4 is 6.03 Å². The molecule has 2 aromatic rings. The Bertz CT molecular complexity index is 682. The van der Waals surface area contributed by atoms with Crippen LogP contribution in [-0.4, -0.2) is 28.7 Å². The average Bonchev–Trinajstić information content (AvgIpc) is 2.56. The molecule has 0 fully saturated rings. The van der Waals surface area contributed by atoms with Crippen molar-refractivity contribution in [1.82, 2.24) is 20.2 Å². The summed E-state index contributed by atoms with van der Waals surface area (Å²) < 4.78 is 1.49. The van der Waals surface area contributed by atoms with Gasteiger partial charge in [-0.2, -0.15) is 0 Å². The number of aryl methyl sites for hydroxylation is 2. The summed E-state index contributed by atoms with van der Waals surface area (Å²) in [5.74, 6) is 0. The largest absolute Gasteiger partial charge is 0.338 e. The summed E-state index contributed by atoms with van der Waals surface area (Å²) in [5.41, 5.74) is 1.78. The topological polar surface area (TPSA) is 76.0 Å². The first-order chi connectivity index (χ1) is 11.2. The SMILES string of the molecule is Cc1cncn(CCNC(=O)NCCCc2ccccc2)c1=O. The molecule has 0 saturated carbocycles. The van der Waals surface area contributed by atoms with Crippen LogP contribution in [0.3, 0.4) is 0 Å². The molecule has 0 radical (unpaired) electrons. The molecule has 2 N–H and O–H groups in total.